The SMILES string of the molecule is COCc1cc(F)c(OC)c(C2(C(C)N)CC2)c1. The Kier molecular flexibility index (Phi) is 3.59. The third-order valence-corrected chi connectivity index (χ3v) is 3.82. The van der Waals surface area contributed by atoms with Crippen molar-refractivity contribution in [3.63, 3.8) is 0 Å². The normalized spacial score (nSPS) is 18.5. The van der Waals surface area contributed by atoms with Gasteiger partial charge in [-0.3, -0.25) is 0 Å². The minimum Gasteiger partial charge on any atom is -0.493 e. The zero-order valence-electron chi connectivity index (χ0n) is 11.1. The molecule has 3 nitrogen and oxygen atoms in total. The quantitative estimate of drug-likeness (QED) is 0.876. The van der Waals surface area contributed by atoms with Gasteiger partial charge in [0.1, 0.15) is 0 Å². The van der Waals surface area contributed by atoms with Crippen LogP contribution in [0.2, 0.25) is 0 Å². The van der Waals surface area contributed by atoms with Crippen molar-refractivity contribution in [2.75, 3.05) is 14.2 Å². The van der Waals surface area contributed by atoms with E-state index < -0.39 is 0 Å². The van der Waals surface area contributed by atoms with Crippen molar-refractivity contribution in [3.8, 4) is 5.75 Å². The first-order chi connectivity index (χ1) is 8.55. The van der Waals surface area contributed by atoms with Gasteiger partial charge in [-0.2, -0.15) is 0 Å². The Hall–Kier alpha value is -1.13. The van der Waals surface area contributed by atoms with Gasteiger partial charge in [0.15, 0.2) is 11.6 Å². The van der Waals surface area contributed by atoms with Gasteiger partial charge in [0.25, 0.3) is 0 Å². The molecule has 1 atom stereocenters. The predicted molar refractivity (Wildman–Crippen MR) is 68.2 cm³/mol. The molecular formula is C14H20FNO2. The number of ether oxygens (including phenoxy) is 2. The Morgan fingerprint density at radius 1 is 1.39 bits per heavy atom. The Bertz CT molecular complexity index is 442. The summed E-state index contributed by atoms with van der Waals surface area (Å²) in [5, 5.41) is 0. The maximum Gasteiger partial charge on any atom is 0.165 e. The van der Waals surface area contributed by atoms with Crippen LogP contribution in [0.3, 0.4) is 0 Å². The number of halogens is 1. The highest BCUT2D eigenvalue weighted by atomic mass is 19.1. The first-order valence-electron chi connectivity index (χ1n) is 6.16. The van der Waals surface area contributed by atoms with Crippen molar-refractivity contribution in [3.05, 3.63) is 29.1 Å². The molecule has 1 saturated carbocycles. The van der Waals surface area contributed by atoms with E-state index in [-0.39, 0.29) is 17.3 Å². The predicted octanol–water partition coefficient (Wildman–Crippen LogP) is 2.36. The molecule has 0 spiro atoms. The summed E-state index contributed by atoms with van der Waals surface area (Å²) in [5.74, 6) is -0.0152. The van der Waals surface area contributed by atoms with Crippen molar-refractivity contribution in [2.24, 2.45) is 5.73 Å². The Morgan fingerprint density at radius 2 is 2.06 bits per heavy atom. The number of nitrogens with two attached hydrogens (primary N) is 1. The number of rotatable bonds is 5. The molecule has 0 bridgehead atoms. The smallest absolute Gasteiger partial charge is 0.165 e. The lowest BCUT2D eigenvalue weighted by atomic mass is 9.87. The number of hydrogen-bond acceptors (Lipinski definition) is 3. The Balaban J connectivity index is 2.50. The first-order valence-corrected chi connectivity index (χ1v) is 6.16. The van der Waals surface area contributed by atoms with Crippen LogP contribution in [-0.2, 0) is 16.8 Å². The van der Waals surface area contributed by atoms with E-state index in [1.807, 2.05) is 13.0 Å². The van der Waals surface area contributed by atoms with E-state index in [9.17, 15) is 4.39 Å². The summed E-state index contributed by atoms with van der Waals surface area (Å²) in [7, 11) is 3.09. The van der Waals surface area contributed by atoms with Crippen LogP contribution in [0.25, 0.3) is 0 Å². The van der Waals surface area contributed by atoms with Crippen LogP contribution in [0, 0.1) is 5.82 Å². The second-order valence-electron chi connectivity index (χ2n) is 5.04. The molecule has 0 aromatic heterocycles. The average molecular weight is 253 g/mol. The van der Waals surface area contributed by atoms with E-state index in [1.165, 1.54) is 13.2 Å². The fourth-order valence-electron chi connectivity index (χ4n) is 2.58. The average Bonchev–Trinajstić information content (AvgIpc) is 3.09. The number of methoxy groups -OCH3 is 2. The molecule has 0 heterocycles. The van der Waals surface area contributed by atoms with Gasteiger partial charge in [0, 0.05) is 24.1 Å². The van der Waals surface area contributed by atoms with E-state index in [0.717, 1.165) is 24.0 Å². The standard InChI is InChI=1S/C14H20FNO2/c1-9(16)14(4-5-14)11-6-10(8-17-2)7-12(15)13(11)18-3/h6-7,9H,4-5,8,16H2,1-3H3. The molecule has 100 valence electrons. The van der Waals surface area contributed by atoms with E-state index >= 15 is 0 Å². The topological polar surface area (TPSA) is 44.5 Å². The molecule has 1 aromatic carbocycles. The lowest BCUT2D eigenvalue weighted by Crippen LogP contribution is -2.32. The van der Waals surface area contributed by atoms with E-state index in [1.54, 1.807) is 7.11 Å². The minimum atomic E-state index is -0.339. The molecule has 2 N–H and O–H groups in total. The molecule has 1 fully saturated rings. The summed E-state index contributed by atoms with van der Waals surface area (Å²) in [5.41, 5.74) is 7.62. The summed E-state index contributed by atoms with van der Waals surface area (Å²) in [6.07, 6.45) is 1.97. The molecule has 0 amide bonds. The molecular weight excluding hydrogens is 233 g/mol. The molecule has 2 rings (SSSR count). The van der Waals surface area contributed by atoms with Crippen LogP contribution in [0.1, 0.15) is 30.9 Å². The zero-order valence-corrected chi connectivity index (χ0v) is 11.1. The lowest BCUT2D eigenvalue weighted by molar-refractivity contribution is 0.184. The summed E-state index contributed by atoms with van der Waals surface area (Å²) in [4.78, 5) is 0. The largest absolute Gasteiger partial charge is 0.493 e. The highest BCUT2D eigenvalue weighted by Gasteiger charge is 2.49. The van der Waals surface area contributed by atoms with Crippen molar-refractivity contribution in [2.45, 2.75) is 37.8 Å². The molecule has 18 heavy (non-hydrogen) atoms. The van der Waals surface area contributed by atoms with Gasteiger partial charge in [-0.15, -0.1) is 0 Å². The third-order valence-electron chi connectivity index (χ3n) is 3.82. The van der Waals surface area contributed by atoms with Crippen molar-refractivity contribution in [1.82, 2.24) is 0 Å². The van der Waals surface area contributed by atoms with Gasteiger partial charge >= 0.3 is 0 Å². The zero-order chi connectivity index (χ0) is 13.3. The molecule has 1 unspecified atom stereocenters. The third kappa shape index (κ3) is 2.10. The van der Waals surface area contributed by atoms with Crippen LogP contribution < -0.4 is 10.5 Å². The summed E-state index contributed by atoms with van der Waals surface area (Å²) < 4.78 is 24.3. The maximum atomic E-state index is 14.0. The fraction of sp³-hybridized carbons (Fsp3) is 0.571. The van der Waals surface area contributed by atoms with Crippen LogP contribution in [-0.4, -0.2) is 20.3 Å². The monoisotopic (exact) mass is 253 g/mol. The summed E-state index contributed by atoms with van der Waals surface area (Å²) in [6.45, 7) is 2.36. The van der Waals surface area contributed by atoms with Gasteiger partial charge < -0.3 is 15.2 Å². The van der Waals surface area contributed by atoms with Crippen molar-refractivity contribution < 1.29 is 13.9 Å². The molecule has 0 saturated heterocycles. The van der Waals surface area contributed by atoms with E-state index in [2.05, 4.69) is 0 Å². The van der Waals surface area contributed by atoms with Crippen LogP contribution in [0.5, 0.6) is 5.75 Å². The molecule has 1 aliphatic carbocycles. The fourth-order valence-corrected chi connectivity index (χ4v) is 2.58. The Morgan fingerprint density at radius 3 is 2.50 bits per heavy atom. The lowest BCUT2D eigenvalue weighted by Gasteiger charge is -2.23. The molecule has 1 aromatic rings. The minimum absolute atomic E-state index is 0.0106. The van der Waals surface area contributed by atoms with Crippen molar-refractivity contribution in [1.29, 1.82) is 0 Å². The first kappa shape index (κ1) is 13.3. The number of benzene rings is 1. The van der Waals surface area contributed by atoms with Gasteiger partial charge in [0.2, 0.25) is 0 Å². The van der Waals surface area contributed by atoms with Crippen LogP contribution in [0.15, 0.2) is 12.1 Å². The number of hydrogen-bond donors (Lipinski definition) is 1. The maximum absolute atomic E-state index is 14.0. The van der Waals surface area contributed by atoms with Crippen LogP contribution in [0.4, 0.5) is 4.39 Å². The van der Waals surface area contributed by atoms with E-state index in [0.29, 0.717) is 12.4 Å². The second-order valence-corrected chi connectivity index (χ2v) is 5.04. The highest BCUT2D eigenvalue weighted by Crippen LogP contribution is 2.53. The molecule has 4 heteroatoms. The second kappa shape index (κ2) is 4.86. The molecule has 0 radical (unpaired) electrons. The Labute approximate surface area is 107 Å². The summed E-state index contributed by atoms with van der Waals surface area (Å²) >= 11 is 0. The van der Waals surface area contributed by atoms with Crippen LogP contribution >= 0.6 is 0 Å². The highest BCUT2D eigenvalue weighted by molar-refractivity contribution is 5.47. The van der Waals surface area contributed by atoms with Gasteiger partial charge in [-0.25, -0.2) is 4.39 Å². The van der Waals surface area contributed by atoms with Gasteiger partial charge in [-0.05, 0) is 37.5 Å². The van der Waals surface area contributed by atoms with E-state index in [4.69, 9.17) is 15.2 Å². The molecule has 0 aliphatic heterocycles. The summed E-state index contributed by atoms with van der Waals surface area (Å²) in [6, 6.07) is 3.41. The van der Waals surface area contributed by atoms with Gasteiger partial charge in [-0.1, -0.05) is 0 Å². The van der Waals surface area contributed by atoms with Crippen molar-refractivity contribution >= 4 is 0 Å². The van der Waals surface area contributed by atoms with Gasteiger partial charge in [0.05, 0.1) is 13.7 Å². The molecule has 1 aliphatic rings.